The van der Waals surface area contributed by atoms with Gasteiger partial charge in [0.2, 0.25) is 0 Å². The van der Waals surface area contributed by atoms with Gasteiger partial charge in [0, 0.05) is 33.4 Å². The molecule has 0 aromatic heterocycles. The van der Waals surface area contributed by atoms with Crippen LogP contribution >= 0.6 is 0 Å². The largest absolute Gasteiger partial charge is 0.356 e. The lowest BCUT2D eigenvalue weighted by Gasteiger charge is -2.31. The zero-order chi connectivity index (χ0) is 19.2. The number of sulfone groups is 1. The smallest absolute Gasteiger partial charge is 0.193 e. The zero-order valence-corrected chi connectivity index (χ0v) is 17.3. The van der Waals surface area contributed by atoms with E-state index < -0.39 is 9.84 Å². The van der Waals surface area contributed by atoms with E-state index in [1.807, 2.05) is 19.2 Å². The van der Waals surface area contributed by atoms with Gasteiger partial charge in [-0.05, 0) is 48.8 Å². The van der Waals surface area contributed by atoms with Crippen LogP contribution in [0.5, 0.6) is 0 Å². The second-order valence-electron chi connectivity index (χ2n) is 7.65. The molecule has 6 heteroatoms. The number of nitrogens with one attached hydrogen (secondary N) is 1. The van der Waals surface area contributed by atoms with Crippen molar-refractivity contribution in [3.63, 3.8) is 0 Å². The molecule has 1 aliphatic carbocycles. The quantitative estimate of drug-likeness (QED) is 0.610. The maximum atomic E-state index is 11.5. The molecule has 0 heterocycles. The normalized spacial score (nSPS) is 21.5. The van der Waals surface area contributed by atoms with Crippen LogP contribution in [0.4, 0.5) is 0 Å². The first kappa shape index (κ1) is 20.7. The number of guanidine groups is 1. The van der Waals surface area contributed by atoms with Gasteiger partial charge in [0.05, 0.1) is 4.90 Å². The molecule has 0 atom stereocenters. The van der Waals surface area contributed by atoms with Gasteiger partial charge in [-0.1, -0.05) is 31.9 Å². The van der Waals surface area contributed by atoms with Gasteiger partial charge in [0.15, 0.2) is 15.8 Å². The lowest BCUT2D eigenvalue weighted by molar-refractivity contribution is 0.250. The third kappa shape index (κ3) is 6.31. The van der Waals surface area contributed by atoms with Crippen molar-refractivity contribution >= 4 is 15.8 Å². The lowest BCUT2D eigenvalue weighted by atomic mass is 9.83. The maximum absolute atomic E-state index is 11.5. The molecule has 1 aliphatic rings. The molecule has 0 radical (unpaired) electrons. The van der Waals surface area contributed by atoms with Crippen LogP contribution in [0.25, 0.3) is 0 Å². The van der Waals surface area contributed by atoms with Crippen LogP contribution in [-0.4, -0.2) is 52.7 Å². The van der Waals surface area contributed by atoms with E-state index in [0.717, 1.165) is 42.9 Å². The molecule has 1 aromatic rings. The Morgan fingerprint density at radius 3 is 2.35 bits per heavy atom. The summed E-state index contributed by atoms with van der Waals surface area (Å²) >= 11 is 0. The molecule has 0 bridgehead atoms. The minimum Gasteiger partial charge on any atom is -0.356 e. The van der Waals surface area contributed by atoms with E-state index in [1.165, 1.54) is 31.9 Å². The van der Waals surface area contributed by atoms with Gasteiger partial charge in [0.1, 0.15) is 0 Å². The SMILES string of the molecule is CN=C(NCCc1ccc(S(C)(=O)=O)cc1)N(C)CC1CCC(C)CC1. The third-order valence-electron chi connectivity index (χ3n) is 5.29. The average molecular weight is 380 g/mol. The Bertz CT molecular complexity index is 690. The van der Waals surface area contributed by atoms with Gasteiger partial charge in [0.25, 0.3) is 0 Å². The molecule has 0 saturated heterocycles. The van der Waals surface area contributed by atoms with Crippen molar-refractivity contribution in [1.29, 1.82) is 0 Å². The van der Waals surface area contributed by atoms with E-state index in [0.29, 0.717) is 4.90 Å². The number of rotatable bonds is 6. The zero-order valence-electron chi connectivity index (χ0n) is 16.5. The van der Waals surface area contributed by atoms with Gasteiger partial charge in [-0.3, -0.25) is 4.99 Å². The molecule has 0 amide bonds. The Morgan fingerprint density at radius 1 is 1.19 bits per heavy atom. The van der Waals surface area contributed by atoms with Gasteiger partial charge >= 0.3 is 0 Å². The van der Waals surface area contributed by atoms with Crippen molar-refractivity contribution in [2.75, 3.05) is 33.4 Å². The van der Waals surface area contributed by atoms with Crippen LogP contribution in [0, 0.1) is 11.8 Å². The minimum absolute atomic E-state index is 0.367. The van der Waals surface area contributed by atoms with Crippen LogP contribution in [-0.2, 0) is 16.3 Å². The molecule has 26 heavy (non-hydrogen) atoms. The Hall–Kier alpha value is -1.56. The standard InChI is InChI=1S/C20H33N3O2S/c1-16-5-7-18(8-6-16)15-23(3)20(21-2)22-14-13-17-9-11-19(12-10-17)26(4,24)25/h9-12,16,18H,5-8,13-15H2,1-4H3,(H,21,22). The highest BCUT2D eigenvalue weighted by Crippen LogP contribution is 2.28. The number of nitrogens with zero attached hydrogens (tertiary/aromatic N) is 2. The van der Waals surface area contributed by atoms with Crippen LogP contribution in [0.1, 0.15) is 38.2 Å². The molecule has 1 fully saturated rings. The van der Waals surface area contributed by atoms with Gasteiger partial charge in [-0.25, -0.2) is 8.42 Å². The highest BCUT2D eigenvalue weighted by atomic mass is 32.2. The van der Waals surface area contributed by atoms with Crippen LogP contribution in [0.3, 0.4) is 0 Å². The first-order chi connectivity index (χ1) is 12.3. The van der Waals surface area contributed by atoms with Crippen molar-refractivity contribution in [3.05, 3.63) is 29.8 Å². The molecule has 2 rings (SSSR count). The molecular weight excluding hydrogens is 346 g/mol. The summed E-state index contributed by atoms with van der Waals surface area (Å²) in [4.78, 5) is 6.99. The molecule has 1 N–H and O–H groups in total. The summed E-state index contributed by atoms with van der Waals surface area (Å²) in [5.41, 5.74) is 1.12. The van der Waals surface area contributed by atoms with E-state index in [1.54, 1.807) is 12.1 Å². The second-order valence-corrected chi connectivity index (χ2v) is 9.66. The first-order valence-electron chi connectivity index (χ1n) is 9.50. The van der Waals surface area contributed by atoms with E-state index in [-0.39, 0.29) is 0 Å². The van der Waals surface area contributed by atoms with E-state index >= 15 is 0 Å². The molecule has 1 saturated carbocycles. The van der Waals surface area contributed by atoms with Crippen LogP contribution in [0.15, 0.2) is 34.2 Å². The maximum Gasteiger partial charge on any atom is 0.193 e. The summed E-state index contributed by atoms with van der Waals surface area (Å²) in [6, 6.07) is 7.12. The monoisotopic (exact) mass is 379 g/mol. The van der Waals surface area contributed by atoms with Crippen LogP contribution in [0.2, 0.25) is 0 Å². The summed E-state index contributed by atoms with van der Waals surface area (Å²) in [5.74, 6) is 2.57. The summed E-state index contributed by atoms with van der Waals surface area (Å²) in [6.45, 7) is 4.18. The highest BCUT2D eigenvalue weighted by Gasteiger charge is 2.20. The first-order valence-corrected chi connectivity index (χ1v) is 11.4. The van der Waals surface area contributed by atoms with E-state index in [9.17, 15) is 8.42 Å². The Labute approximate surface area is 158 Å². The van der Waals surface area contributed by atoms with Crippen molar-refractivity contribution in [3.8, 4) is 0 Å². The Balaban J connectivity index is 1.79. The fourth-order valence-electron chi connectivity index (χ4n) is 3.59. The van der Waals surface area contributed by atoms with Gasteiger partial charge in [-0.2, -0.15) is 0 Å². The van der Waals surface area contributed by atoms with Crippen molar-refractivity contribution in [2.45, 2.75) is 43.9 Å². The minimum atomic E-state index is -3.13. The van der Waals surface area contributed by atoms with Gasteiger partial charge < -0.3 is 10.2 Å². The fraction of sp³-hybridized carbons (Fsp3) is 0.650. The number of aliphatic imine (C=N–C) groups is 1. The number of hydrogen-bond acceptors (Lipinski definition) is 3. The fourth-order valence-corrected chi connectivity index (χ4v) is 4.22. The van der Waals surface area contributed by atoms with Crippen molar-refractivity contribution < 1.29 is 8.42 Å². The molecule has 0 spiro atoms. The molecule has 5 nitrogen and oxygen atoms in total. The van der Waals surface area contributed by atoms with Gasteiger partial charge in [-0.15, -0.1) is 0 Å². The van der Waals surface area contributed by atoms with Crippen molar-refractivity contribution in [1.82, 2.24) is 10.2 Å². The molecular formula is C20H33N3O2S. The summed E-state index contributed by atoms with van der Waals surface area (Å²) in [5, 5.41) is 3.42. The predicted octanol–water partition coefficient (Wildman–Crippen LogP) is 2.97. The van der Waals surface area contributed by atoms with E-state index in [4.69, 9.17) is 0 Å². The number of benzene rings is 1. The second kappa shape index (κ2) is 9.40. The molecule has 146 valence electrons. The molecule has 0 aliphatic heterocycles. The third-order valence-corrected chi connectivity index (χ3v) is 6.42. The average Bonchev–Trinajstić information content (AvgIpc) is 2.60. The molecule has 1 aromatic carbocycles. The summed E-state index contributed by atoms with van der Waals surface area (Å²) in [7, 11) is 0.800. The Kier molecular flexibility index (Phi) is 7.50. The van der Waals surface area contributed by atoms with Crippen molar-refractivity contribution in [2.24, 2.45) is 16.8 Å². The summed E-state index contributed by atoms with van der Waals surface area (Å²) < 4.78 is 23.0. The molecule has 0 unspecified atom stereocenters. The highest BCUT2D eigenvalue weighted by molar-refractivity contribution is 7.90. The summed E-state index contributed by atoms with van der Waals surface area (Å²) in [6.07, 6.45) is 7.38. The van der Waals surface area contributed by atoms with E-state index in [2.05, 4.69) is 29.2 Å². The Morgan fingerprint density at radius 2 is 1.81 bits per heavy atom. The predicted molar refractivity (Wildman–Crippen MR) is 108 cm³/mol. The topological polar surface area (TPSA) is 61.8 Å². The van der Waals surface area contributed by atoms with Crippen LogP contribution < -0.4 is 5.32 Å². The lowest BCUT2D eigenvalue weighted by Crippen LogP contribution is -2.42. The number of hydrogen-bond donors (Lipinski definition) is 1.